The first kappa shape index (κ1) is 11.0. The highest BCUT2D eigenvalue weighted by Gasteiger charge is 2.60. The number of hydrogen-bond donors (Lipinski definition) is 1. The van der Waals surface area contributed by atoms with Crippen LogP contribution in [0.2, 0.25) is 0 Å². The van der Waals surface area contributed by atoms with Crippen LogP contribution in [-0.2, 0) is 0 Å². The molecule has 3 atom stereocenters. The number of rotatable bonds is 2. The lowest BCUT2D eigenvalue weighted by molar-refractivity contribution is 0.123. The summed E-state index contributed by atoms with van der Waals surface area (Å²) in [5, 5.41) is 3.64. The molecule has 1 N–H and O–H groups in total. The predicted molar refractivity (Wildman–Crippen MR) is 64.5 cm³/mol. The Morgan fingerprint density at radius 2 is 2.07 bits per heavy atom. The van der Waals surface area contributed by atoms with Crippen molar-refractivity contribution >= 4 is 0 Å². The van der Waals surface area contributed by atoms with Crippen LogP contribution >= 0.6 is 0 Å². The van der Waals surface area contributed by atoms with Crippen molar-refractivity contribution in [2.45, 2.75) is 53.0 Å². The van der Waals surface area contributed by atoms with Gasteiger partial charge < -0.3 is 5.32 Å². The molecule has 3 unspecified atom stereocenters. The highest BCUT2D eigenvalue weighted by atomic mass is 15.0. The Balaban J connectivity index is 2.07. The zero-order valence-corrected chi connectivity index (χ0v) is 10.5. The molecule has 2 fully saturated rings. The smallest absolute Gasteiger partial charge is 0.0578 e. The average molecular weight is 205 g/mol. The molecule has 0 amide bonds. The molecule has 0 aromatic heterocycles. The van der Waals surface area contributed by atoms with Crippen LogP contribution in [0.1, 0.15) is 47.0 Å². The van der Waals surface area contributed by atoms with Gasteiger partial charge in [-0.15, -0.1) is 5.92 Å². The summed E-state index contributed by atoms with van der Waals surface area (Å²) in [6, 6.07) is 0.687. The molecule has 0 aromatic rings. The van der Waals surface area contributed by atoms with Crippen LogP contribution in [0.4, 0.5) is 0 Å². The number of fused-ring (bicyclic) bond motifs is 2. The fourth-order valence-corrected chi connectivity index (χ4v) is 3.78. The van der Waals surface area contributed by atoms with E-state index < -0.39 is 0 Å². The quantitative estimate of drug-likeness (QED) is 0.684. The maximum absolute atomic E-state index is 3.64. The van der Waals surface area contributed by atoms with Crippen molar-refractivity contribution in [1.29, 1.82) is 0 Å². The zero-order valence-electron chi connectivity index (χ0n) is 10.5. The van der Waals surface area contributed by atoms with Gasteiger partial charge in [0.1, 0.15) is 0 Å². The van der Waals surface area contributed by atoms with Crippen LogP contribution in [0, 0.1) is 28.6 Å². The second-order valence-corrected chi connectivity index (χ2v) is 5.97. The standard InChI is InChI=1S/C14H23N/c1-5-6-9-15-12-10-11-7-8-14(12,4)13(11,2)3/h11-12,15H,7-10H2,1-4H3. The second kappa shape index (κ2) is 3.52. The molecule has 2 aliphatic rings. The minimum Gasteiger partial charge on any atom is -0.303 e. The van der Waals surface area contributed by atoms with Crippen LogP contribution in [0.25, 0.3) is 0 Å². The highest BCUT2D eigenvalue weighted by Crippen LogP contribution is 2.65. The Morgan fingerprint density at radius 3 is 2.53 bits per heavy atom. The van der Waals surface area contributed by atoms with Gasteiger partial charge in [0, 0.05) is 6.04 Å². The molecule has 0 aliphatic heterocycles. The SMILES string of the molecule is CC#CCNC1CC2CCC1(C)C2(C)C. The van der Waals surface area contributed by atoms with Crippen molar-refractivity contribution in [3.8, 4) is 11.8 Å². The van der Waals surface area contributed by atoms with Crippen LogP contribution < -0.4 is 5.32 Å². The summed E-state index contributed by atoms with van der Waals surface area (Å²) in [5.74, 6) is 7.00. The molecule has 2 rings (SSSR count). The van der Waals surface area contributed by atoms with Gasteiger partial charge in [-0.2, -0.15) is 0 Å². The van der Waals surface area contributed by atoms with Crippen molar-refractivity contribution < 1.29 is 0 Å². The maximum Gasteiger partial charge on any atom is 0.0578 e. The summed E-state index contributed by atoms with van der Waals surface area (Å²) in [7, 11) is 0. The average Bonchev–Trinajstić information content (AvgIpc) is 2.51. The Bertz CT molecular complexity index is 307. The molecule has 84 valence electrons. The van der Waals surface area contributed by atoms with Crippen LogP contribution in [-0.4, -0.2) is 12.6 Å². The fourth-order valence-electron chi connectivity index (χ4n) is 3.78. The van der Waals surface area contributed by atoms with Gasteiger partial charge in [0.2, 0.25) is 0 Å². The highest BCUT2D eigenvalue weighted by molar-refractivity contribution is 5.13. The van der Waals surface area contributed by atoms with E-state index in [1.54, 1.807) is 0 Å². The maximum atomic E-state index is 3.64. The molecule has 0 radical (unpaired) electrons. The van der Waals surface area contributed by atoms with E-state index in [4.69, 9.17) is 0 Å². The lowest BCUT2D eigenvalue weighted by Crippen LogP contribution is -2.44. The first-order valence-corrected chi connectivity index (χ1v) is 6.15. The minimum atomic E-state index is 0.493. The lowest BCUT2D eigenvalue weighted by atomic mass is 9.69. The van der Waals surface area contributed by atoms with Gasteiger partial charge >= 0.3 is 0 Å². The van der Waals surface area contributed by atoms with E-state index >= 15 is 0 Å². The molecule has 0 saturated heterocycles. The van der Waals surface area contributed by atoms with Crippen molar-refractivity contribution in [3.05, 3.63) is 0 Å². The van der Waals surface area contributed by atoms with Crippen LogP contribution in [0.3, 0.4) is 0 Å². The third-order valence-electron chi connectivity index (χ3n) is 5.41. The second-order valence-electron chi connectivity index (χ2n) is 5.97. The normalized spacial score (nSPS) is 41.3. The third-order valence-corrected chi connectivity index (χ3v) is 5.41. The summed E-state index contributed by atoms with van der Waals surface area (Å²) in [5.41, 5.74) is 1.01. The van der Waals surface area contributed by atoms with Crippen LogP contribution in [0.15, 0.2) is 0 Å². The van der Waals surface area contributed by atoms with Gasteiger partial charge in [-0.3, -0.25) is 0 Å². The molecule has 2 aliphatic carbocycles. The van der Waals surface area contributed by atoms with Gasteiger partial charge in [-0.25, -0.2) is 0 Å². The van der Waals surface area contributed by atoms with Gasteiger partial charge in [0.15, 0.2) is 0 Å². The minimum absolute atomic E-state index is 0.493. The van der Waals surface area contributed by atoms with E-state index in [1.807, 2.05) is 6.92 Å². The Hall–Kier alpha value is -0.480. The van der Waals surface area contributed by atoms with E-state index in [0.29, 0.717) is 16.9 Å². The number of nitrogens with one attached hydrogen (secondary N) is 1. The Labute approximate surface area is 94.0 Å². The van der Waals surface area contributed by atoms with Crippen molar-refractivity contribution in [2.24, 2.45) is 16.7 Å². The largest absolute Gasteiger partial charge is 0.303 e. The molecule has 0 aromatic carbocycles. The summed E-state index contributed by atoms with van der Waals surface area (Å²) < 4.78 is 0. The summed E-state index contributed by atoms with van der Waals surface area (Å²) in [6.07, 6.45) is 4.18. The lowest BCUT2D eigenvalue weighted by Gasteiger charge is -2.39. The van der Waals surface area contributed by atoms with E-state index in [0.717, 1.165) is 12.5 Å². The summed E-state index contributed by atoms with van der Waals surface area (Å²) in [4.78, 5) is 0. The third kappa shape index (κ3) is 1.42. The van der Waals surface area contributed by atoms with Gasteiger partial charge in [0.05, 0.1) is 6.54 Å². The molecule has 2 saturated carbocycles. The van der Waals surface area contributed by atoms with Crippen molar-refractivity contribution in [2.75, 3.05) is 6.54 Å². The van der Waals surface area contributed by atoms with E-state index in [2.05, 4.69) is 37.9 Å². The molecule has 2 bridgehead atoms. The summed E-state index contributed by atoms with van der Waals surface area (Å²) in [6.45, 7) is 10.2. The molecule has 0 heterocycles. The molecule has 1 heteroatoms. The van der Waals surface area contributed by atoms with Crippen molar-refractivity contribution in [3.63, 3.8) is 0 Å². The van der Waals surface area contributed by atoms with E-state index in [9.17, 15) is 0 Å². The Morgan fingerprint density at radius 1 is 1.33 bits per heavy atom. The molecule has 1 nitrogen and oxygen atoms in total. The monoisotopic (exact) mass is 205 g/mol. The van der Waals surface area contributed by atoms with E-state index in [-0.39, 0.29) is 0 Å². The van der Waals surface area contributed by atoms with Gasteiger partial charge in [-0.1, -0.05) is 26.7 Å². The predicted octanol–water partition coefficient (Wildman–Crippen LogP) is 2.81. The first-order valence-electron chi connectivity index (χ1n) is 6.15. The first-order chi connectivity index (χ1) is 7.02. The summed E-state index contributed by atoms with van der Waals surface area (Å²) >= 11 is 0. The number of hydrogen-bond acceptors (Lipinski definition) is 1. The molecule has 0 spiro atoms. The topological polar surface area (TPSA) is 12.0 Å². The Kier molecular flexibility index (Phi) is 2.59. The fraction of sp³-hybridized carbons (Fsp3) is 0.857. The molecule has 15 heavy (non-hydrogen) atoms. The molecular formula is C14H23N. The van der Waals surface area contributed by atoms with Gasteiger partial charge in [-0.05, 0) is 42.9 Å². The van der Waals surface area contributed by atoms with Gasteiger partial charge in [0.25, 0.3) is 0 Å². The van der Waals surface area contributed by atoms with Crippen molar-refractivity contribution in [1.82, 2.24) is 5.32 Å². The zero-order chi connectivity index (χ0) is 11.1. The van der Waals surface area contributed by atoms with E-state index in [1.165, 1.54) is 19.3 Å². The van der Waals surface area contributed by atoms with Crippen LogP contribution in [0.5, 0.6) is 0 Å². The molecular weight excluding hydrogens is 182 g/mol.